The molecular formula is C26H35N3O3S. The van der Waals surface area contributed by atoms with E-state index < -0.39 is 10.0 Å². The van der Waals surface area contributed by atoms with Gasteiger partial charge in [-0.1, -0.05) is 38.1 Å². The molecule has 1 amide bonds. The molecule has 0 atom stereocenters. The largest absolute Gasteiger partial charge is 0.370 e. The Morgan fingerprint density at radius 2 is 1.55 bits per heavy atom. The fraction of sp³-hybridized carbons (Fsp3) is 0.500. The van der Waals surface area contributed by atoms with Crippen molar-refractivity contribution in [1.82, 2.24) is 4.31 Å². The molecule has 2 aromatic carbocycles. The van der Waals surface area contributed by atoms with Gasteiger partial charge in [0, 0.05) is 32.1 Å². The van der Waals surface area contributed by atoms with Gasteiger partial charge in [-0.15, -0.1) is 0 Å². The summed E-state index contributed by atoms with van der Waals surface area (Å²) < 4.78 is 27.7. The Bertz CT molecular complexity index is 1050. The molecule has 0 spiro atoms. The number of benzene rings is 2. The third-order valence-electron chi connectivity index (χ3n) is 6.87. The number of rotatable bonds is 6. The van der Waals surface area contributed by atoms with Crippen LogP contribution >= 0.6 is 0 Å². The van der Waals surface area contributed by atoms with Gasteiger partial charge in [0.05, 0.1) is 16.3 Å². The summed E-state index contributed by atoms with van der Waals surface area (Å²) in [7, 11) is -3.54. The minimum Gasteiger partial charge on any atom is -0.370 e. The first-order chi connectivity index (χ1) is 15.9. The van der Waals surface area contributed by atoms with Gasteiger partial charge in [-0.2, -0.15) is 4.31 Å². The van der Waals surface area contributed by atoms with Crippen LogP contribution in [0, 0.1) is 5.92 Å². The number of carbonyl (C=O) groups is 1. The maximum Gasteiger partial charge on any atom is 0.243 e. The lowest BCUT2D eigenvalue weighted by molar-refractivity contribution is -0.120. The summed E-state index contributed by atoms with van der Waals surface area (Å²) in [6, 6.07) is 15.2. The molecule has 6 nitrogen and oxygen atoms in total. The minimum atomic E-state index is -3.54. The van der Waals surface area contributed by atoms with Crippen molar-refractivity contribution in [3.63, 3.8) is 0 Å². The van der Waals surface area contributed by atoms with Crippen molar-refractivity contribution < 1.29 is 13.2 Å². The van der Waals surface area contributed by atoms with Crippen LogP contribution in [0.25, 0.3) is 0 Å². The van der Waals surface area contributed by atoms with Gasteiger partial charge in [0.25, 0.3) is 0 Å². The normalized spacial score (nSPS) is 18.5. The average Bonchev–Trinajstić information content (AvgIpc) is 2.85. The molecule has 0 saturated carbocycles. The highest BCUT2D eigenvalue weighted by molar-refractivity contribution is 7.89. The molecule has 0 aromatic heterocycles. The zero-order chi connectivity index (χ0) is 23.4. The zero-order valence-corrected chi connectivity index (χ0v) is 20.5. The first-order valence-corrected chi connectivity index (χ1v) is 13.6. The fourth-order valence-electron chi connectivity index (χ4n) is 4.76. The topological polar surface area (TPSA) is 69.7 Å². The highest BCUT2D eigenvalue weighted by Crippen LogP contribution is 2.30. The van der Waals surface area contributed by atoms with Crippen LogP contribution in [0.3, 0.4) is 0 Å². The van der Waals surface area contributed by atoms with E-state index in [0.29, 0.717) is 36.7 Å². The number of nitrogens with one attached hydrogen (secondary N) is 1. The van der Waals surface area contributed by atoms with Gasteiger partial charge in [0.1, 0.15) is 0 Å². The number of anilines is 2. The van der Waals surface area contributed by atoms with Gasteiger partial charge in [0.2, 0.25) is 15.9 Å². The predicted octanol–water partition coefficient (Wildman–Crippen LogP) is 4.84. The van der Waals surface area contributed by atoms with Crippen molar-refractivity contribution in [2.75, 3.05) is 36.4 Å². The van der Waals surface area contributed by atoms with Crippen molar-refractivity contribution >= 4 is 27.3 Å². The highest BCUT2D eigenvalue weighted by Gasteiger charge is 2.32. The first-order valence-electron chi connectivity index (χ1n) is 12.1. The van der Waals surface area contributed by atoms with Gasteiger partial charge in [0.15, 0.2) is 0 Å². The van der Waals surface area contributed by atoms with E-state index in [2.05, 4.69) is 30.1 Å². The molecule has 2 aliphatic rings. The second kappa shape index (κ2) is 10.3. The summed E-state index contributed by atoms with van der Waals surface area (Å²) in [4.78, 5) is 15.7. The molecule has 2 aromatic rings. The Kier molecular flexibility index (Phi) is 7.39. The summed E-state index contributed by atoms with van der Waals surface area (Å²) in [5.41, 5.74) is 3.05. The maximum absolute atomic E-state index is 13.1. The molecule has 0 radical (unpaired) electrons. The number of piperidine rings is 2. The summed E-state index contributed by atoms with van der Waals surface area (Å²) in [6.07, 6.45) is 4.67. The molecule has 4 rings (SSSR count). The number of nitrogens with zero attached hydrogens (tertiary/aromatic N) is 2. The van der Waals surface area contributed by atoms with Crippen LogP contribution in [-0.4, -0.2) is 44.8 Å². The Balaban J connectivity index is 1.38. The molecule has 0 aliphatic carbocycles. The Morgan fingerprint density at radius 1 is 0.909 bits per heavy atom. The van der Waals surface area contributed by atoms with Crippen molar-refractivity contribution in [2.45, 2.75) is 56.8 Å². The molecule has 0 unspecified atom stereocenters. The highest BCUT2D eigenvalue weighted by atomic mass is 32.2. The van der Waals surface area contributed by atoms with Gasteiger partial charge >= 0.3 is 0 Å². The summed E-state index contributed by atoms with van der Waals surface area (Å²) in [5, 5.41) is 3.13. The van der Waals surface area contributed by atoms with E-state index in [1.54, 1.807) is 12.1 Å². The predicted molar refractivity (Wildman–Crippen MR) is 133 cm³/mol. The van der Waals surface area contributed by atoms with Gasteiger partial charge < -0.3 is 10.2 Å². The lowest BCUT2D eigenvalue weighted by Crippen LogP contribution is -2.41. The monoisotopic (exact) mass is 469 g/mol. The number of amides is 1. The van der Waals surface area contributed by atoms with Crippen LogP contribution in [0.2, 0.25) is 0 Å². The van der Waals surface area contributed by atoms with E-state index in [1.165, 1.54) is 23.6 Å². The fourth-order valence-corrected chi connectivity index (χ4v) is 6.23. The summed E-state index contributed by atoms with van der Waals surface area (Å²) in [6.45, 7) is 6.93. The molecule has 7 heteroatoms. The SMILES string of the molecule is CC(C)c1ccc(S(=O)(=O)N2CCC(C(=O)Nc3ccccc3N3CCCCC3)CC2)cc1. The molecule has 1 N–H and O–H groups in total. The number of carbonyl (C=O) groups excluding carboxylic acids is 1. The lowest BCUT2D eigenvalue weighted by atomic mass is 9.97. The summed E-state index contributed by atoms with van der Waals surface area (Å²) in [5.74, 6) is 0.156. The van der Waals surface area contributed by atoms with Crippen LogP contribution in [-0.2, 0) is 14.8 Å². The van der Waals surface area contributed by atoms with Crippen LogP contribution in [0.5, 0.6) is 0 Å². The van der Waals surface area contributed by atoms with Crippen LogP contribution in [0.4, 0.5) is 11.4 Å². The van der Waals surface area contributed by atoms with Gasteiger partial charge in [-0.25, -0.2) is 8.42 Å². The Morgan fingerprint density at radius 3 is 2.18 bits per heavy atom. The van der Waals surface area contributed by atoms with Crippen LogP contribution in [0.15, 0.2) is 53.4 Å². The van der Waals surface area contributed by atoms with E-state index in [1.807, 2.05) is 30.3 Å². The smallest absolute Gasteiger partial charge is 0.243 e. The molecule has 178 valence electrons. The number of hydrogen-bond donors (Lipinski definition) is 1. The van der Waals surface area contributed by atoms with Crippen molar-refractivity contribution in [3.05, 3.63) is 54.1 Å². The number of sulfonamides is 1. The van der Waals surface area contributed by atoms with Gasteiger partial charge in [-0.05, 0) is 67.9 Å². The molecule has 2 fully saturated rings. The third-order valence-corrected chi connectivity index (χ3v) is 8.78. The molecule has 2 heterocycles. The number of hydrogen-bond acceptors (Lipinski definition) is 4. The average molecular weight is 470 g/mol. The molecule has 0 bridgehead atoms. The lowest BCUT2D eigenvalue weighted by Gasteiger charge is -2.32. The Labute approximate surface area is 198 Å². The minimum absolute atomic E-state index is 0.0159. The van der Waals surface area contributed by atoms with Gasteiger partial charge in [-0.3, -0.25) is 4.79 Å². The number of para-hydroxylation sites is 2. The van der Waals surface area contributed by atoms with E-state index in [9.17, 15) is 13.2 Å². The van der Waals surface area contributed by atoms with E-state index in [0.717, 1.165) is 30.0 Å². The van der Waals surface area contributed by atoms with E-state index in [4.69, 9.17) is 0 Å². The van der Waals surface area contributed by atoms with E-state index in [-0.39, 0.29) is 11.8 Å². The third kappa shape index (κ3) is 5.41. The second-order valence-corrected chi connectivity index (χ2v) is 11.4. The van der Waals surface area contributed by atoms with Crippen molar-refractivity contribution in [1.29, 1.82) is 0 Å². The second-order valence-electron chi connectivity index (χ2n) is 9.46. The first kappa shape index (κ1) is 23.8. The summed E-state index contributed by atoms with van der Waals surface area (Å²) >= 11 is 0. The van der Waals surface area contributed by atoms with Crippen LogP contribution < -0.4 is 10.2 Å². The van der Waals surface area contributed by atoms with Crippen molar-refractivity contribution in [2.24, 2.45) is 5.92 Å². The standard InChI is InChI=1S/C26H35N3O3S/c1-20(2)21-10-12-23(13-11-21)33(31,32)29-18-14-22(15-19-29)26(30)27-24-8-4-5-9-25(24)28-16-6-3-7-17-28/h4-5,8-13,20,22H,3,6-7,14-19H2,1-2H3,(H,27,30). The zero-order valence-electron chi connectivity index (χ0n) is 19.7. The maximum atomic E-state index is 13.1. The quantitative estimate of drug-likeness (QED) is 0.657. The van der Waals surface area contributed by atoms with Crippen molar-refractivity contribution in [3.8, 4) is 0 Å². The molecule has 2 saturated heterocycles. The molecule has 33 heavy (non-hydrogen) atoms. The van der Waals surface area contributed by atoms with Crippen LogP contribution in [0.1, 0.15) is 57.4 Å². The Hall–Kier alpha value is -2.38. The molecular weight excluding hydrogens is 434 g/mol. The molecule has 2 aliphatic heterocycles. The van der Waals surface area contributed by atoms with E-state index >= 15 is 0 Å².